The molecule has 0 bridgehead atoms. The third kappa shape index (κ3) is 9.84. The van der Waals surface area contributed by atoms with Gasteiger partial charge in [-0.05, 0) is 123 Å². The molecule has 51 heavy (non-hydrogen) atoms. The first-order valence-electron chi connectivity index (χ1n) is 22.1. The van der Waals surface area contributed by atoms with Gasteiger partial charge >= 0.3 is 5.97 Å². The van der Waals surface area contributed by atoms with E-state index in [9.17, 15) is 4.79 Å². The van der Waals surface area contributed by atoms with Crippen LogP contribution in [0.25, 0.3) is 0 Å². The van der Waals surface area contributed by atoms with Crippen molar-refractivity contribution >= 4 is 5.97 Å². The third-order valence-corrected chi connectivity index (χ3v) is 15.2. The molecular weight excluding hydrogens is 629 g/mol. The Kier molecular flexibility index (Phi) is 13.7. The van der Waals surface area contributed by atoms with Gasteiger partial charge in [0.05, 0.1) is 24.4 Å². The van der Waals surface area contributed by atoms with Gasteiger partial charge < -0.3 is 14.2 Å². The van der Waals surface area contributed by atoms with Crippen LogP contribution in [-0.4, -0.2) is 36.5 Å². The summed E-state index contributed by atoms with van der Waals surface area (Å²) in [5.74, 6) is 5.18. The monoisotopic (exact) mass is 705 g/mol. The number of unbranched alkanes of at least 4 members (excludes halogenated alkanes) is 3. The van der Waals surface area contributed by atoms with Gasteiger partial charge in [-0.1, -0.05) is 116 Å². The molecule has 0 radical (unpaired) electrons. The number of allylic oxidation sites excluding steroid dienone is 4. The van der Waals surface area contributed by atoms with E-state index < -0.39 is 0 Å². The van der Waals surface area contributed by atoms with E-state index in [-0.39, 0.29) is 12.1 Å². The Morgan fingerprint density at radius 3 is 2.51 bits per heavy atom. The average Bonchev–Trinajstić information content (AvgIpc) is 4.00. The summed E-state index contributed by atoms with van der Waals surface area (Å²) in [4.78, 5) is 12.8. The van der Waals surface area contributed by atoms with Crippen LogP contribution in [0.3, 0.4) is 0 Å². The van der Waals surface area contributed by atoms with Crippen molar-refractivity contribution in [1.82, 2.24) is 0 Å². The number of fused-ring (bicyclic) bond motifs is 5. The Bertz CT molecular complexity index is 1220. The first-order chi connectivity index (χ1) is 24.6. The molecule has 5 fully saturated rings. The SMILES string of the molecule is CCCCCC1OC1CC1OC1C/C=C\C/C=C\CCCC(=O)O[C@H]1CC[C@@]2(C)C(=CC[C@H]3[C@@H]4CC[C@H]([C@H](C)CCCC(C)C)[C@@]4(C)CC[C@@H]32)C1. The lowest BCUT2D eigenvalue weighted by atomic mass is 9.47. The normalized spacial score (nSPS) is 39.1. The van der Waals surface area contributed by atoms with Gasteiger partial charge in [0.15, 0.2) is 0 Å². The Morgan fingerprint density at radius 2 is 1.69 bits per heavy atom. The largest absolute Gasteiger partial charge is 0.462 e. The van der Waals surface area contributed by atoms with Crippen LogP contribution < -0.4 is 0 Å². The highest BCUT2D eigenvalue weighted by Crippen LogP contribution is 2.67. The van der Waals surface area contributed by atoms with Crippen molar-refractivity contribution in [3.05, 3.63) is 36.0 Å². The standard InChI is InChI=1S/C47H76O4/c1-7-8-14-20-41-43(50-41)32-44-42(51-44)21-15-12-10-9-11-13-16-22-45(48)49-36-27-29-46(5)35(31-36)23-24-37-39-26-25-38(34(4)19-17-18-33(2)3)47(39,6)30-28-40(37)46/h9,11-12,15,23,33-34,36-44H,7-8,10,13-14,16-22,24-32H2,1-6H3/b11-9-,15-12-/t34-,36+,37+,38-,39+,40+,41?,42?,43?,44?,46+,47-/m1/s1. The lowest BCUT2D eigenvalue weighted by Gasteiger charge is -2.58. The Balaban J connectivity index is 0.849. The van der Waals surface area contributed by atoms with E-state index in [4.69, 9.17) is 14.2 Å². The summed E-state index contributed by atoms with van der Waals surface area (Å²) in [6, 6.07) is 0. The van der Waals surface area contributed by atoms with E-state index in [0.717, 1.165) is 80.5 Å². The fourth-order valence-electron chi connectivity index (χ4n) is 12.0. The smallest absolute Gasteiger partial charge is 0.306 e. The number of esters is 1. The molecule has 0 amide bonds. The summed E-state index contributed by atoms with van der Waals surface area (Å²) in [6.07, 6.45) is 38.3. The quantitative estimate of drug-likeness (QED) is 0.0548. The lowest BCUT2D eigenvalue weighted by molar-refractivity contribution is -0.151. The minimum absolute atomic E-state index is 0.00185. The third-order valence-electron chi connectivity index (χ3n) is 15.2. The van der Waals surface area contributed by atoms with E-state index >= 15 is 0 Å². The zero-order valence-corrected chi connectivity index (χ0v) is 33.7. The van der Waals surface area contributed by atoms with Crippen LogP contribution >= 0.6 is 0 Å². The van der Waals surface area contributed by atoms with Crippen molar-refractivity contribution in [2.75, 3.05) is 0 Å². The molecule has 4 unspecified atom stereocenters. The summed E-state index contributed by atoms with van der Waals surface area (Å²) in [7, 11) is 0. The maximum absolute atomic E-state index is 12.8. The number of hydrogen-bond acceptors (Lipinski definition) is 4. The molecule has 2 heterocycles. The van der Waals surface area contributed by atoms with Gasteiger partial charge in [-0.25, -0.2) is 0 Å². The van der Waals surface area contributed by atoms with Gasteiger partial charge in [0.25, 0.3) is 0 Å². The van der Waals surface area contributed by atoms with Crippen molar-refractivity contribution in [2.24, 2.45) is 46.3 Å². The summed E-state index contributed by atoms with van der Waals surface area (Å²) in [5, 5.41) is 0. The molecule has 288 valence electrons. The molecule has 3 saturated carbocycles. The minimum atomic E-state index is 0.00185. The molecule has 0 spiro atoms. The van der Waals surface area contributed by atoms with Crippen molar-refractivity contribution in [2.45, 2.75) is 207 Å². The van der Waals surface area contributed by atoms with Crippen molar-refractivity contribution in [1.29, 1.82) is 0 Å². The second kappa shape index (κ2) is 17.8. The van der Waals surface area contributed by atoms with Crippen molar-refractivity contribution < 1.29 is 19.0 Å². The predicted octanol–water partition coefficient (Wildman–Crippen LogP) is 12.5. The van der Waals surface area contributed by atoms with E-state index in [1.165, 1.54) is 83.5 Å². The predicted molar refractivity (Wildman–Crippen MR) is 210 cm³/mol. The summed E-state index contributed by atoms with van der Waals surface area (Å²) in [5.41, 5.74) is 2.47. The second-order valence-electron chi connectivity index (χ2n) is 19.1. The van der Waals surface area contributed by atoms with Gasteiger partial charge in [0.2, 0.25) is 0 Å². The molecule has 0 N–H and O–H groups in total. The Labute approximate surface area is 313 Å². The van der Waals surface area contributed by atoms with Crippen LogP contribution in [0.1, 0.15) is 176 Å². The van der Waals surface area contributed by atoms with Gasteiger partial charge in [0, 0.05) is 19.3 Å². The zero-order valence-electron chi connectivity index (χ0n) is 33.7. The minimum Gasteiger partial charge on any atom is -0.462 e. The molecule has 2 saturated heterocycles. The molecule has 0 aromatic heterocycles. The van der Waals surface area contributed by atoms with Gasteiger partial charge in [-0.2, -0.15) is 0 Å². The van der Waals surface area contributed by atoms with E-state index in [1.807, 2.05) is 0 Å². The Morgan fingerprint density at radius 1 is 0.882 bits per heavy atom. The maximum atomic E-state index is 12.8. The van der Waals surface area contributed by atoms with Crippen LogP contribution in [0.2, 0.25) is 0 Å². The number of carbonyl (C=O) groups excluding carboxylic acids is 1. The van der Waals surface area contributed by atoms with Crippen LogP contribution in [0.5, 0.6) is 0 Å². The zero-order chi connectivity index (χ0) is 36.0. The number of epoxide rings is 2. The molecule has 12 atom stereocenters. The highest BCUT2D eigenvalue weighted by Gasteiger charge is 2.59. The molecule has 4 nitrogen and oxygen atoms in total. The average molecular weight is 705 g/mol. The number of hydrogen-bond donors (Lipinski definition) is 0. The van der Waals surface area contributed by atoms with Gasteiger partial charge in [0.1, 0.15) is 6.10 Å². The van der Waals surface area contributed by atoms with Gasteiger partial charge in [-0.3, -0.25) is 4.79 Å². The fourth-order valence-corrected chi connectivity index (χ4v) is 12.0. The highest BCUT2D eigenvalue weighted by atomic mass is 16.6. The first kappa shape index (κ1) is 39.3. The van der Waals surface area contributed by atoms with Crippen LogP contribution in [0.15, 0.2) is 36.0 Å². The van der Waals surface area contributed by atoms with Gasteiger partial charge in [-0.15, -0.1) is 0 Å². The van der Waals surface area contributed by atoms with Crippen LogP contribution in [-0.2, 0) is 19.0 Å². The molecule has 2 aliphatic heterocycles. The van der Waals surface area contributed by atoms with Crippen molar-refractivity contribution in [3.63, 3.8) is 0 Å². The van der Waals surface area contributed by atoms with Crippen LogP contribution in [0.4, 0.5) is 0 Å². The summed E-state index contributed by atoms with van der Waals surface area (Å²) < 4.78 is 17.8. The van der Waals surface area contributed by atoms with E-state index in [1.54, 1.807) is 5.57 Å². The molecular formula is C47H76O4. The topological polar surface area (TPSA) is 51.4 Å². The second-order valence-corrected chi connectivity index (χ2v) is 19.1. The van der Waals surface area contributed by atoms with Crippen molar-refractivity contribution in [3.8, 4) is 0 Å². The molecule has 4 heteroatoms. The first-order valence-corrected chi connectivity index (χ1v) is 22.1. The maximum Gasteiger partial charge on any atom is 0.306 e. The highest BCUT2D eigenvalue weighted by molar-refractivity contribution is 5.69. The number of ether oxygens (including phenoxy) is 3. The molecule has 0 aromatic rings. The Hall–Kier alpha value is -1.39. The van der Waals surface area contributed by atoms with Crippen LogP contribution in [0, 0.1) is 46.3 Å². The molecule has 0 aromatic carbocycles. The fraction of sp³-hybridized carbons (Fsp3) is 0.851. The summed E-state index contributed by atoms with van der Waals surface area (Å²) in [6.45, 7) is 14.9. The summed E-state index contributed by atoms with van der Waals surface area (Å²) >= 11 is 0. The molecule has 4 aliphatic carbocycles. The number of rotatable bonds is 20. The molecule has 6 aliphatic rings. The van der Waals surface area contributed by atoms with E-state index in [0.29, 0.717) is 41.7 Å². The van der Waals surface area contributed by atoms with E-state index in [2.05, 4.69) is 71.9 Å². The molecule has 6 rings (SSSR count). The lowest BCUT2D eigenvalue weighted by Crippen LogP contribution is -2.51. The number of carbonyl (C=O) groups is 1.